The van der Waals surface area contributed by atoms with Gasteiger partial charge >= 0.3 is 0 Å². The van der Waals surface area contributed by atoms with Gasteiger partial charge in [0, 0.05) is 31.9 Å². The number of morpholine rings is 1. The molecule has 2 aromatic heterocycles. The van der Waals surface area contributed by atoms with Crippen molar-refractivity contribution < 1.29 is 13.9 Å². The van der Waals surface area contributed by atoms with E-state index in [-0.39, 0.29) is 5.56 Å². The molecule has 3 heterocycles. The number of rotatable bonds is 4. The minimum absolute atomic E-state index is 0.179. The van der Waals surface area contributed by atoms with Crippen LogP contribution < -0.4 is 10.2 Å². The van der Waals surface area contributed by atoms with Gasteiger partial charge in [-0.2, -0.15) is 0 Å². The lowest BCUT2D eigenvalue weighted by Gasteiger charge is -2.28. The average molecular weight is 395 g/mol. The van der Waals surface area contributed by atoms with Crippen molar-refractivity contribution in [3.63, 3.8) is 0 Å². The van der Waals surface area contributed by atoms with E-state index in [9.17, 15) is 9.18 Å². The smallest absolute Gasteiger partial charge is 0.253 e. The lowest BCUT2D eigenvalue weighted by atomic mass is 10.1. The summed E-state index contributed by atoms with van der Waals surface area (Å²) in [5.41, 5.74) is 3.28. The van der Waals surface area contributed by atoms with E-state index in [0.717, 1.165) is 24.5 Å². The number of ether oxygens (including phenoxy) is 1. The molecule has 1 aromatic carbocycles. The van der Waals surface area contributed by atoms with Gasteiger partial charge in [0.15, 0.2) is 0 Å². The maximum Gasteiger partial charge on any atom is 0.253 e. The highest BCUT2D eigenvalue weighted by molar-refractivity contribution is 6.04. The second-order valence-corrected chi connectivity index (χ2v) is 7.02. The molecule has 1 aliphatic heterocycles. The number of benzene rings is 1. The first-order chi connectivity index (χ1) is 14.0. The first-order valence-corrected chi connectivity index (χ1v) is 9.51. The minimum atomic E-state index is -0.515. The van der Waals surface area contributed by atoms with Crippen molar-refractivity contribution in [2.24, 2.45) is 0 Å². The molecule has 0 spiro atoms. The predicted octanol–water partition coefficient (Wildman–Crippen LogP) is 2.55. The van der Waals surface area contributed by atoms with E-state index in [0.29, 0.717) is 42.2 Å². The highest BCUT2D eigenvalue weighted by Crippen LogP contribution is 2.20. The summed E-state index contributed by atoms with van der Waals surface area (Å²) >= 11 is 0. The molecule has 0 saturated carbocycles. The Balaban J connectivity index is 1.54. The Labute approximate surface area is 167 Å². The lowest BCUT2D eigenvalue weighted by molar-refractivity contribution is 0.0952. The maximum atomic E-state index is 14.0. The number of aromatic nitrogens is 3. The van der Waals surface area contributed by atoms with E-state index in [2.05, 4.69) is 25.2 Å². The summed E-state index contributed by atoms with van der Waals surface area (Å²) < 4.78 is 19.4. The average Bonchev–Trinajstić information content (AvgIpc) is 2.73. The molecule has 1 N–H and O–H groups in total. The predicted molar refractivity (Wildman–Crippen MR) is 107 cm³/mol. The third-order valence-corrected chi connectivity index (χ3v) is 4.99. The van der Waals surface area contributed by atoms with Crippen LogP contribution in [0.2, 0.25) is 0 Å². The van der Waals surface area contributed by atoms with Gasteiger partial charge in [-0.1, -0.05) is 0 Å². The van der Waals surface area contributed by atoms with Gasteiger partial charge < -0.3 is 15.0 Å². The molecule has 1 saturated heterocycles. The Morgan fingerprint density at radius 2 is 1.93 bits per heavy atom. The molecule has 7 nitrogen and oxygen atoms in total. The number of fused-ring (bicyclic) bond motifs is 1. The highest BCUT2D eigenvalue weighted by atomic mass is 19.1. The second-order valence-electron chi connectivity index (χ2n) is 7.02. The van der Waals surface area contributed by atoms with E-state index in [1.165, 1.54) is 12.1 Å². The number of hydrogen-bond acceptors (Lipinski definition) is 6. The van der Waals surface area contributed by atoms with Gasteiger partial charge in [-0.05, 0) is 37.6 Å². The standard InChI is InChI=1S/C21H22FN5O2/c1-13-14(2)26-20-17(10-16(22)11-18(20)25-13)21(28)24-12-15-3-4-23-19(9-15)27-5-7-29-8-6-27/h3-4,9-11H,5-8,12H2,1-2H3,(H,24,28). The Morgan fingerprint density at radius 1 is 1.17 bits per heavy atom. The minimum Gasteiger partial charge on any atom is -0.378 e. The van der Waals surface area contributed by atoms with E-state index in [1.54, 1.807) is 6.20 Å². The summed E-state index contributed by atoms with van der Waals surface area (Å²) in [6.45, 7) is 6.85. The van der Waals surface area contributed by atoms with E-state index >= 15 is 0 Å². The zero-order valence-electron chi connectivity index (χ0n) is 16.4. The number of pyridine rings is 1. The Kier molecular flexibility index (Phi) is 5.35. The molecule has 1 amide bonds. The Morgan fingerprint density at radius 3 is 2.72 bits per heavy atom. The third kappa shape index (κ3) is 4.17. The van der Waals surface area contributed by atoms with Crippen LogP contribution in [-0.2, 0) is 11.3 Å². The van der Waals surface area contributed by atoms with Crippen molar-refractivity contribution in [3.8, 4) is 0 Å². The van der Waals surface area contributed by atoms with Gasteiger partial charge in [0.1, 0.15) is 17.2 Å². The Hall–Kier alpha value is -3.13. The molecule has 0 aliphatic carbocycles. The van der Waals surface area contributed by atoms with Crippen LogP contribution in [0.1, 0.15) is 27.3 Å². The SMILES string of the molecule is Cc1nc2cc(F)cc(C(=O)NCc3ccnc(N4CCOCC4)c3)c2nc1C. The molecule has 29 heavy (non-hydrogen) atoms. The van der Waals surface area contributed by atoms with Crippen molar-refractivity contribution >= 4 is 22.8 Å². The summed E-state index contributed by atoms with van der Waals surface area (Å²) in [5, 5.41) is 2.85. The maximum absolute atomic E-state index is 14.0. The van der Waals surface area contributed by atoms with Crippen molar-refractivity contribution in [3.05, 3.63) is 58.8 Å². The van der Waals surface area contributed by atoms with Crippen LogP contribution in [0.4, 0.5) is 10.2 Å². The molecule has 0 atom stereocenters. The molecule has 3 aromatic rings. The molecular weight excluding hydrogens is 373 g/mol. The van der Waals surface area contributed by atoms with Crippen molar-refractivity contribution in [2.75, 3.05) is 31.2 Å². The normalized spacial score (nSPS) is 14.2. The zero-order chi connectivity index (χ0) is 20.4. The van der Waals surface area contributed by atoms with Crippen LogP contribution in [0.15, 0.2) is 30.5 Å². The largest absolute Gasteiger partial charge is 0.378 e. The first-order valence-electron chi connectivity index (χ1n) is 9.51. The van der Waals surface area contributed by atoms with Crippen LogP contribution in [-0.4, -0.2) is 47.2 Å². The van der Waals surface area contributed by atoms with Gasteiger partial charge in [-0.25, -0.2) is 19.3 Å². The van der Waals surface area contributed by atoms with Gasteiger partial charge in [0.25, 0.3) is 5.91 Å². The first kappa shape index (κ1) is 19.2. The molecule has 4 rings (SSSR count). The fourth-order valence-electron chi connectivity index (χ4n) is 3.28. The molecule has 1 fully saturated rings. The van der Waals surface area contributed by atoms with Crippen LogP contribution in [0, 0.1) is 19.7 Å². The van der Waals surface area contributed by atoms with Crippen molar-refractivity contribution in [1.29, 1.82) is 0 Å². The highest BCUT2D eigenvalue weighted by Gasteiger charge is 2.16. The van der Waals surface area contributed by atoms with Crippen LogP contribution in [0.3, 0.4) is 0 Å². The van der Waals surface area contributed by atoms with E-state index < -0.39 is 11.7 Å². The quantitative estimate of drug-likeness (QED) is 0.731. The molecule has 0 bridgehead atoms. The number of nitrogens with one attached hydrogen (secondary N) is 1. The number of carbonyl (C=O) groups excluding carboxylic acids is 1. The number of hydrogen-bond donors (Lipinski definition) is 1. The van der Waals surface area contributed by atoms with Gasteiger partial charge in [-0.3, -0.25) is 4.79 Å². The number of anilines is 1. The van der Waals surface area contributed by atoms with Crippen molar-refractivity contribution in [2.45, 2.75) is 20.4 Å². The monoisotopic (exact) mass is 395 g/mol. The molecule has 0 unspecified atom stereocenters. The lowest BCUT2D eigenvalue weighted by Crippen LogP contribution is -2.36. The number of carbonyl (C=O) groups is 1. The topological polar surface area (TPSA) is 80.2 Å². The van der Waals surface area contributed by atoms with Crippen LogP contribution in [0.25, 0.3) is 11.0 Å². The fraction of sp³-hybridized carbons (Fsp3) is 0.333. The van der Waals surface area contributed by atoms with Crippen LogP contribution >= 0.6 is 0 Å². The van der Waals surface area contributed by atoms with Crippen LogP contribution in [0.5, 0.6) is 0 Å². The molecule has 1 aliphatic rings. The van der Waals surface area contributed by atoms with Gasteiger partial charge in [0.2, 0.25) is 0 Å². The fourth-order valence-corrected chi connectivity index (χ4v) is 3.28. The second kappa shape index (κ2) is 8.08. The zero-order valence-corrected chi connectivity index (χ0v) is 16.4. The number of halogens is 1. The number of amides is 1. The summed E-state index contributed by atoms with van der Waals surface area (Å²) in [6, 6.07) is 6.29. The van der Waals surface area contributed by atoms with E-state index in [4.69, 9.17) is 4.74 Å². The van der Waals surface area contributed by atoms with Gasteiger partial charge in [-0.15, -0.1) is 0 Å². The summed E-state index contributed by atoms with van der Waals surface area (Å²) in [4.78, 5) is 28.1. The summed E-state index contributed by atoms with van der Waals surface area (Å²) in [5.74, 6) is -0.0521. The third-order valence-electron chi connectivity index (χ3n) is 4.99. The molecule has 150 valence electrons. The van der Waals surface area contributed by atoms with E-state index in [1.807, 2.05) is 26.0 Å². The Bertz CT molecular complexity index is 1070. The molecule has 8 heteroatoms. The molecule has 0 radical (unpaired) electrons. The number of nitrogens with zero attached hydrogens (tertiary/aromatic N) is 4. The van der Waals surface area contributed by atoms with Gasteiger partial charge in [0.05, 0.1) is 35.7 Å². The molecular formula is C21H22FN5O2. The van der Waals surface area contributed by atoms with Crippen molar-refractivity contribution in [1.82, 2.24) is 20.3 Å². The number of aryl methyl sites for hydroxylation is 2. The summed E-state index contributed by atoms with van der Waals surface area (Å²) in [7, 11) is 0. The summed E-state index contributed by atoms with van der Waals surface area (Å²) in [6.07, 6.45) is 1.72.